The molecule has 8 heteroatoms. The Labute approximate surface area is 192 Å². The van der Waals surface area contributed by atoms with E-state index >= 15 is 0 Å². The number of carbonyl (C=O) groups excluding carboxylic acids is 2. The van der Waals surface area contributed by atoms with Gasteiger partial charge in [-0.05, 0) is 49.3 Å². The number of hydrogen-bond acceptors (Lipinski definition) is 4. The summed E-state index contributed by atoms with van der Waals surface area (Å²) in [5.74, 6) is -0.726. The summed E-state index contributed by atoms with van der Waals surface area (Å²) < 4.78 is 6.05. The molecule has 0 radical (unpaired) electrons. The van der Waals surface area contributed by atoms with Crippen LogP contribution in [0.4, 0.5) is 4.79 Å². The average molecular weight is 454 g/mol. The van der Waals surface area contributed by atoms with Crippen molar-refractivity contribution in [3.05, 3.63) is 70.3 Å². The number of amides is 2. The number of nitrogens with zero attached hydrogens (tertiary/aromatic N) is 2. The van der Waals surface area contributed by atoms with Gasteiger partial charge in [0.2, 0.25) is 5.91 Å². The lowest BCUT2D eigenvalue weighted by Gasteiger charge is -2.44. The quantitative estimate of drug-likeness (QED) is 0.689. The number of benzene rings is 2. The average Bonchev–Trinajstić information content (AvgIpc) is 3.02. The van der Waals surface area contributed by atoms with Gasteiger partial charge in [0.15, 0.2) is 0 Å². The number of hydrogen-bond donors (Lipinski definition) is 2. The molecule has 7 nitrogen and oxygen atoms in total. The Morgan fingerprint density at radius 1 is 1.22 bits per heavy atom. The van der Waals surface area contributed by atoms with Crippen molar-refractivity contribution in [3.8, 4) is 0 Å². The number of nitrogens with two attached hydrogens (primary N) is 1. The van der Waals surface area contributed by atoms with E-state index in [1.165, 1.54) is 0 Å². The van der Waals surface area contributed by atoms with Crippen LogP contribution in [0.2, 0.25) is 0 Å². The standard InChI is InChI=1S/C24H27N3O4S/c1-15-9-16(2)11-17(10-15)12-27-14-24(31-22(27)29)7-8-26(23(30)32)13-20(24)18-3-5-19(6-4-18)21(25)28/h3-6,9-11,20H,7-8,12-14H2,1-2H3,(H2,25,28)(H,30,32). The number of aliphatic hydroxyl groups excluding tert-OH is 1. The second-order valence-electron chi connectivity index (χ2n) is 8.80. The molecule has 0 bridgehead atoms. The van der Waals surface area contributed by atoms with Crippen LogP contribution in [0.3, 0.4) is 0 Å². The molecule has 2 amide bonds. The number of rotatable bonds is 4. The maximum atomic E-state index is 12.9. The number of piperidine rings is 1. The molecule has 0 saturated carbocycles. The highest BCUT2D eigenvalue weighted by Crippen LogP contribution is 2.43. The molecule has 2 atom stereocenters. The lowest BCUT2D eigenvalue weighted by molar-refractivity contribution is -0.00709. The van der Waals surface area contributed by atoms with Crippen molar-refractivity contribution < 1.29 is 19.4 Å². The minimum Gasteiger partial charge on any atom is -0.487 e. The third-order valence-electron chi connectivity index (χ3n) is 6.37. The second-order valence-corrected chi connectivity index (χ2v) is 9.17. The van der Waals surface area contributed by atoms with Gasteiger partial charge in [-0.3, -0.25) is 9.69 Å². The van der Waals surface area contributed by atoms with Crippen molar-refractivity contribution in [2.75, 3.05) is 19.6 Å². The fraction of sp³-hybridized carbons (Fsp3) is 0.375. The normalized spacial score (nSPS) is 22.8. The van der Waals surface area contributed by atoms with Crippen LogP contribution in [0.1, 0.15) is 45.0 Å². The smallest absolute Gasteiger partial charge is 0.410 e. The first-order valence-corrected chi connectivity index (χ1v) is 11.0. The number of carbonyl (C=O) groups is 2. The third kappa shape index (κ3) is 4.27. The highest BCUT2D eigenvalue weighted by atomic mass is 32.1. The predicted molar refractivity (Wildman–Crippen MR) is 125 cm³/mol. The Kier molecular flexibility index (Phi) is 5.81. The summed E-state index contributed by atoms with van der Waals surface area (Å²) >= 11 is 5.00. The third-order valence-corrected chi connectivity index (χ3v) is 6.63. The first-order chi connectivity index (χ1) is 15.2. The first kappa shape index (κ1) is 22.1. The minimum absolute atomic E-state index is 0.171. The minimum atomic E-state index is -0.745. The van der Waals surface area contributed by atoms with Crippen molar-refractivity contribution in [2.45, 2.75) is 38.3 Å². The van der Waals surface area contributed by atoms with Crippen molar-refractivity contribution in [1.29, 1.82) is 0 Å². The first-order valence-electron chi connectivity index (χ1n) is 10.6. The van der Waals surface area contributed by atoms with Gasteiger partial charge in [-0.1, -0.05) is 41.5 Å². The molecule has 4 rings (SSSR count). The summed E-state index contributed by atoms with van der Waals surface area (Å²) in [4.78, 5) is 27.8. The van der Waals surface area contributed by atoms with E-state index in [0.717, 1.165) is 22.3 Å². The van der Waals surface area contributed by atoms with Crippen LogP contribution in [0.25, 0.3) is 0 Å². The molecule has 2 saturated heterocycles. The van der Waals surface area contributed by atoms with Crippen LogP contribution >= 0.6 is 12.2 Å². The van der Waals surface area contributed by atoms with Gasteiger partial charge in [-0.15, -0.1) is 0 Å². The van der Waals surface area contributed by atoms with E-state index in [9.17, 15) is 14.7 Å². The molecule has 2 aliphatic heterocycles. The fourth-order valence-corrected chi connectivity index (χ4v) is 5.08. The number of likely N-dealkylation sites (tertiary alicyclic amines) is 1. The number of aryl methyl sites for hydroxylation is 2. The molecule has 2 aromatic carbocycles. The van der Waals surface area contributed by atoms with Crippen LogP contribution in [0, 0.1) is 13.8 Å². The van der Waals surface area contributed by atoms with Gasteiger partial charge in [0.05, 0.1) is 6.54 Å². The molecule has 2 heterocycles. The predicted octanol–water partition coefficient (Wildman–Crippen LogP) is 3.43. The van der Waals surface area contributed by atoms with Crippen LogP contribution in [0.15, 0.2) is 42.5 Å². The van der Waals surface area contributed by atoms with E-state index in [-0.39, 0.29) is 17.2 Å². The van der Waals surface area contributed by atoms with Crippen molar-refractivity contribution in [2.24, 2.45) is 5.73 Å². The zero-order valence-corrected chi connectivity index (χ0v) is 19.0. The monoisotopic (exact) mass is 453 g/mol. The summed E-state index contributed by atoms with van der Waals surface area (Å²) in [5.41, 5.74) is 9.31. The topological polar surface area (TPSA) is 96.1 Å². The van der Waals surface area contributed by atoms with E-state index in [0.29, 0.717) is 38.2 Å². The largest absolute Gasteiger partial charge is 0.487 e. The fourth-order valence-electron chi connectivity index (χ4n) is 4.91. The molecule has 2 fully saturated rings. The summed E-state index contributed by atoms with van der Waals surface area (Å²) in [6, 6.07) is 13.3. The van der Waals surface area contributed by atoms with Crippen molar-refractivity contribution in [1.82, 2.24) is 9.80 Å². The van der Waals surface area contributed by atoms with E-state index in [2.05, 4.69) is 18.2 Å². The second kappa shape index (κ2) is 8.43. The molecular formula is C24H27N3O4S. The highest BCUT2D eigenvalue weighted by molar-refractivity contribution is 7.79. The van der Waals surface area contributed by atoms with Crippen molar-refractivity contribution in [3.63, 3.8) is 0 Å². The summed E-state index contributed by atoms with van der Waals surface area (Å²) in [6.07, 6.45) is 0.188. The Morgan fingerprint density at radius 2 is 1.88 bits per heavy atom. The Balaban J connectivity index is 1.63. The molecule has 0 aliphatic carbocycles. The van der Waals surface area contributed by atoms with Crippen LogP contribution in [-0.4, -0.2) is 57.3 Å². The van der Waals surface area contributed by atoms with Gasteiger partial charge in [-0.2, -0.15) is 0 Å². The van der Waals surface area contributed by atoms with E-state index in [4.69, 9.17) is 22.7 Å². The van der Waals surface area contributed by atoms with E-state index in [1.54, 1.807) is 21.9 Å². The summed E-state index contributed by atoms with van der Waals surface area (Å²) in [6.45, 7) is 5.90. The molecule has 0 aromatic heterocycles. The maximum Gasteiger partial charge on any atom is 0.410 e. The van der Waals surface area contributed by atoms with E-state index < -0.39 is 11.5 Å². The van der Waals surface area contributed by atoms with Crippen LogP contribution in [0.5, 0.6) is 0 Å². The van der Waals surface area contributed by atoms with Gasteiger partial charge >= 0.3 is 6.09 Å². The zero-order chi connectivity index (χ0) is 23.0. The Hall–Kier alpha value is -3.13. The lowest BCUT2D eigenvalue weighted by Crippen LogP contribution is -2.53. The number of primary amides is 1. The summed E-state index contributed by atoms with van der Waals surface area (Å²) in [5, 5.41) is 9.75. The number of ether oxygens (including phenoxy) is 1. The van der Waals surface area contributed by atoms with E-state index in [1.807, 2.05) is 26.0 Å². The van der Waals surface area contributed by atoms with Crippen LogP contribution in [-0.2, 0) is 11.3 Å². The van der Waals surface area contributed by atoms with Gasteiger partial charge in [0.25, 0.3) is 5.17 Å². The van der Waals surface area contributed by atoms with Gasteiger partial charge < -0.3 is 20.5 Å². The molecule has 32 heavy (non-hydrogen) atoms. The molecule has 2 unspecified atom stereocenters. The lowest BCUT2D eigenvalue weighted by atomic mass is 9.76. The molecular weight excluding hydrogens is 426 g/mol. The zero-order valence-electron chi connectivity index (χ0n) is 18.2. The maximum absolute atomic E-state index is 12.9. The van der Waals surface area contributed by atoms with Crippen molar-refractivity contribution >= 4 is 29.4 Å². The molecule has 2 aromatic rings. The van der Waals surface area contributed by atoms with Gasteiger partial charge in [0.1, 0.15) is 5.60 Å². The molecule has 1 spiro atoms. The summed E-state index contributed by atoms with van der Waals surface area (Å²) in [7, 11) is 0. The number of thiocarbonyl (C=S) groups is 1. The van der Waals surface area contributed by atoms with Crippen LogP contribution < -0.4 is 5.73 Å². The molecule has 168 valence electrons. The van der Waals surface area contributed by atoms with Gasteiger partial charge in [0, 0.05) is 37.5 Å². The SMILES string of the molecule is Cc1cc(C)cc(CN2CC3(CCN(C(O)=S)CC3c3ccc(C(N)=O)cc3)OC2=O)c1. The Bertz CT molecular complexity index is 1050. The Morgan fingerprint density at radius 3 is 2.47 bits per heavy atom. The molecule has 2 aliphatic rings. The molecule has 3 N–H and O–H groups in total. The number of aliphatic hydroxyl groups is 1. The van der Waals surface area contributed by atoms with Gasteiger partial charge in [-0.25, -0.2) is 4.79 Å². The highest BCUT2D eigenvalue weighted by Gasteiger charge is 2.53.